The summed E-state index contributed by atoms with van der Waals surface area (Å²) in [6.07, 6.45) is 5.05. The largest absolute Gasteiger partial charge is 0.477 e. The molecule has 24 heavy (non-hydrogen) atoms. The van der Waals surface area contributed by atoms with E-state index < -0.39 is 0 Å². The normalized spacial score (nSPS) is 26.2. The first-order valence-electron chi connectivity index (χ1n) is 8.08. The molecule has 0 N–H and O–H groups in total. The van der Waals surface area contributed by atoms with Crippen molar-refractivity contribution in [1.29, 1.82) is 5.26 Å². The maximum absolute atomic E-state index is 8.83. The average Bonchev–Trinajstić information content (AvgIpc) is 3.30. The van der Waals surface area contributed by atoms with E-state index in [1.807, 2.05) is 6.07 Å². The highest BCUT2D eigenvalue weighted by Crippen LogP contribution is 2.42. The van der Waals surface area contributed by atoms with Gasteiger partial charge in [0.05, 0.1) is 37.9 Å². The molecule has 2 aliphatic rings. The molecule has 0 radical (unpaired) electrons. The molecule has 2 aliphatic heterocycles. The number of hydrogen-bond acceptors (Lipinski definition) is 6. The van der Waals surface area contributed by atoms with Crippen molar-refractivity contribution in [2.75, 3.05) is 32.9 Å². The summed E-state index contributed by atoms with van der Waals surface area (Å²) in [6, 6.07) is 7.54. The Labute approximate surface area is 140 Å². The van der Waals surface area contributed by atoms with Crippen molar-refractivity contribution in [3.63, 3.8) is 0 Å². The van der Waals surface area contributed by atoms with Gasteiger partial charge in [-0.15, -0.1) is 0 Å². The van der Waals surface area contributed by atoms with Crippen molar-refractivity contribution in [2.24, 2.45) is 11.3 Å². The molecule has 4 heterocycles. The Hall–Kier alpha value is -2.36. The van der Waals surface area contributed by atoms with E-state index >= 15 is 0 Å². The summed E-state index contributed by atoms with van der Waals surface area (Å²) in [7, 11) is 0. The summed E-state index contributed by atoms with van der Waals surface area (Å²) in [5.74, 6) is 1.03. The van der Waals surface area contributed by atoms with Gasteiger partial charge in [-0.1, -0.05) is 0 Å². The topological polar surface area (TPSA) is 71.5 Å². The Bertz CT molecular complexity index is 723. The van der Waals surface area contributed by atoms with Crippen molar-refractivity contribution in [2.45, 2.75) is 6.54 Å². The average molecular weight is 325 g/mol. The predicted octanol–water partition coefficient (Wildman–Crippen LogP) is 2.07. The SMILES string of the molecule is N#Cc1ccc(OC[C@@]23COC[C@@H]2CN(Cc2ccoc2)C3)nc1. The van der Waals surface area contributed by atoms with Crippen LogP contribution in [0.3, 0.4) is 0 Å². The van der Waals surface area contributed by atoms with Crippen LogP contribution in [0.25, 0.3) is 0 Å². The molecule has 0 amide bonds. The van der Waals surface area contributed by atoms with E-state index in [-0.39, 0.29) is 5.41 Å². The fourth-order valence-electron chi connectivity index (χ4n) is 3.66. The minimum atomic E-state index is 0.0132. The molecule has 124 valence electrons. The molecular weight excluding hydrogens is 306 g/mol. The molecule has 0 bridgehead atoms. The Morgan fingerprint density at radius 2 is 2.38 bits per heavy atom. The summed E-state index contributed by atoms with van der Waals surface area (Å²) in [4.78, 5) is 6.63. The van der Waals surface area contributed by atoms with Gasteiger partial charge < -0.3 is 13.9 Å². The van der Waals surface area contributed by atoms with Crippen molar-refractivity contribution in [1.82, 2.24) is 9.88 Å². The third kappa shape index (κ3) is 2.88. The lowest BCUT2D eigenvalue weighted by Gasteiger charge is -2.27. The molecule has 0 unspecified atom stereocenters. The van der Waals surface area contributed by atoms with Crippen LogP contribution in [0.5, 0.6) is 5.88 Å². The van der Waals surface area contributed by atoms with Gasteiger partial charge >= 0.3 is 0 Å². The van der Waals surface area contributed by atoms with Crippen LogP contribution in [-0.2, 0) is 11.3 Å². The summed E-state index contributed by atoms with van der Waals surface area (Å²) in [5.41, 5.74) is 1.75. The van der Waals surface area contributed by atoms with Crippen molar-refractivity contribution in [3.8, 4) is 11.9 Å². The molecule has 0 aliphatic carbocycles. The highest BCUT2D eigenvalue weighted by Gasteiger charge is 2.51. The Kier molecular flexibility index (Phi) is 3.97. The molecule has 2 saturated heterocycles. The lowest BCUT2D eigenvalue weighted by atomic mass is 9.82. The van der Waals surface area contributed by atoms with E-state index in [0.29, 0.717) is 24.0 Å². The van der Waals surface area contributed by atoms with E-state index in [2.05, 4.69) is 16.0 Å². The molecule has 6 nitrogen and oxygen atoms in total. The van der Waals surface area contributed by atoms with Crippen LogP contribution in [0.15, 0.2) is 41.3 Å². The van der Waals surface area contributed by atoms with E-state index in [9.17, 15) is 0 Å². The third-order valence-electron chi connectivity index (χ3n) is 4.95. The van der Waals surface area contributed by atoms with Crippen LogP contribution in [0.2, 0.25) is 0 Å². The summed E-state index contributed by atoms with van der Waals surface area (Å²) in [5, 5.41) is 8.83. The van der Waals surface area contributed by atoms with Gasteiger partial charge in [-0.2, -0.15) is 5.26 Å². The Balaban J connectivity index is 1.41. The zero-order valence-corrected chi connectivity index (χ0v) is 13.4. The number of likely N-dealkylation sites (tertiary alicyclic amines) is 1. The number of hydrogen-bond donors (Lipinski definition) is 0. The Morgan fingerprint density at radius 3 is 3.12 bits per heavy atom. The summed E-state index contributed by atoms with van der Waals surface area (Å²) < 4.78 is 16.8. The van der Waals surface area contributed by atoms with Crippen LogP contribution >= 0.6 is 0 Å². The van der Waals surface area contributed by atoms with Crippen molar-refractivity contribution in [3.05, 3.63) is 48.0 Å². The van der Waals surface area contributed by atoms with E-state index in [1.165, 1.54) is 11.8 Å². The molecule has 2 atom stereocenters. The highest BCUT2D eigenvalue weighted by molar-refractivity contribution is 5.28. The van der Waals surface area contributed by atoms with Gasteiger partial charge in [0.25, 0.3) is 0 Å². The molecule has 4 rings (SSSR count). The van der Waals surface area contributed by atoms with Gasteiger partial charge in [0.15, 0.2) is 0 Å². The number of furan rings is 1. The molecule has 6 heteroatoms. The van der Waals surface area contributed by atoms with E-state index in [1.54, 1.807) is 24.7 Å². The van der Waals surface area contributed by atoms with Crippen LogP contribution in [-0.4, -0.2) is 42.8 Å². The van der Waals surface area contributed by atoms with Crippen LogP contribution in [0.1, 0.15) is 11.1 Å². The molecule has 2 aromatic heterocycles. The molecule has 2 aromatic rings. The smallest absolute Gasteiger partial charge is 0.213 e. The number of nitrogens with zero attached hydrogens (tertiary/aromatic N) is 3. The maximum Gasteiger partial charge on any atom is 0.213 e. The predicted molar refractivity (Wildman–Crippen MR) is 85.2 cm³/mol. The number of aromatic nitrogens is 1. The maximum atomic E-state index is 8.83. The standard InChI is InChI=1S/C18H19N3O3/c19-5-14-1-2-17(20-6-14)24-13-18-11-21(7-15-3-4-22-9-15)8-16(18)10-23-12-18/h1-4,6,9,16H,7-8,10-13H2/t16-,18+/m0/s1. The Morgan fingerprint density at radius 1 is 1.42 bits per heavy atom. The van der Waals surface area contributed by atoms with Gasteiger partial charge in [-0.3, -0.25) is 4.90 Å². The van der Waals surface area contributed by atoms with Crippen molar-refractivity contribution < 1.29 is 13.9 Å². The van der Waals surface area contributed by atoms with Crippen molar-refractivity contribution >= 4 is 0 Å². The fourth-order valence-corrected chi connectivity index (χ4v) is 3.66. The molecule has 0 aromatic carbocycles. The second-order valence-corrected chi connectivity index (χ2v) is 6.66. The quantitative estimate of drug-likeness (QED) is 0.838. The number of nitriles is 1. The van der Waals surface area contributed by atoms with Gasteiger partial charge in [0, 0.05) is 48.8 Å². The minimum absolute atomic E-state index is 0.0132. The summed E-state index contributed by atoms with van der Waals surface area (Å²) >= 11 is 0. The molecule has 0 spiro atoms. The number of pyridine rings is 1. The van der Waals surface area contributed by atoms with Crippen LogP contribution < -0.4 is 4.74 Å². The second kappa shape index (κ2) is 6.27. The first-order chi connectivity index (χ1) is 11.8. The first-order valence-corrected chi connectivity index (χ1v) is 8.08. The third-order valence-corrected chi connectivity index (χ3v) is 4.95. The van der Waals surface area contributed by atoms with Gasteiger partial charge in [-0.25, -0.2) is 4.98 Å². The van der Waals surface area contributed by atoms with Gasteiger partial charge in [-0.05, 0) is 12.1 Å². The summed E-state index contributed by atoms with van der Waals surface area (Å²) in [6.45, 7) is 4.93. The number of fused-ring (bicyclic) bond motifs is 1. The second-order valence-electron chi connectivity index (χ2n) is 6.66. The monoisotopic (exact) mass is 325 g/mol. The van der Waals surface area contributed by atoms with Gasteiger partial charge in [0.2, 0.25) is 5.88 Å². The zero-order chi connectivity index (χ0) is 16.4. The zero-order valence-electron chi connectivity index (χ0n) is 13.4. The van der Waals surface area contributed by atoms with Crippen LogP contribution in [0.4, 0.5) is 0 Å². The van der Waals surface area contributed by atoms with Crippen LogP contribution in [0, 0.1) is 22.7 Å². The number of rotatable bonds is 5. The first kappa shape index (κ1) is 15.2. The molecule has 0 saturated carbocycles. The van der Waals surface area contributed by atoms with E-state index in [0.717, 1.165) is 32.8 Å². The van der Waals surface area contributed by atoms with E-state index in [4.69, 9.17) is 19.2 Å². The number of ether oxygens (including phenoxy) is 2. The lowest BCUT2D eigenvalue weighted by molar-refractivity contribution is 0.0881. The molecular formula is C18H19N3O3. The highest BCUT2D eigenvalue weighted by atomic mass is 16.5. The molecule has 2 fully saturated rings. The van der Waals surface area contributed by atoms with Gasteiger partial charge in [0.1, 0.15) is 6.07 Å². The fraction of sp³-hybridized carbons (Fsp3) is 0.444. The lowest BCUT2D eigenvalue weighted by Crippen LogP contribution is -2.37. The minimum Gasteiger partial charge on any atom is -0.477 e.